The van der Waals surface area contributed by atoms with Crippen LogP contribution >= 0.6 is 15.9 Å². The number of aliphatic carboxylic acids is 1. The molecule has 1 heterocycles. The van der Waals surface area contributed by atoms with Crippen LogP contribution in [0.3, 0.4) is 0 Å². The third kappa shape index (κ3) is 2.59. The van der Waals surface area contributed by atoms with Crippen LogP contribution in [0.1, 0.15) is 24.3 Å². The molecule has 4 nitrogen and oxygen atoms in total. The zero-order valence-electron chi connectivity index (χ0n) is 11.0. The summed E-state index contributed by atoms with van der Waals surface area (Å²) in [5.41, 5.74) is 1.19. The molecule has 0 radical (unpaired) electrons. The Hall–Kier alpha value is -1.36. The second kappa shape index (κ2) is 5.20. The van der Waals surface area contributed by atoms with Gasteiger partial charge in [-0.25, -0.2) is 0 Å². The van der Waals surface area contributed by atoms with Crippen LogP contribution in [0.15, 0.2) is 28.7 Å². The standard InChI is InChI=1S/C15H16BrNO3/c16-11-3-1-2-9(6-11)12-7-13(12)14(18)17-5-4-10(8-17)15(19)20/h1-3,6,10,12-13H,4-5,7-8H2,(H,19,20)/t10-,12+,13-/m1/s1. The highest BCUT2D eigenvalue weighted by Gasteiger charge is 2.47. The van der Waals surface area contributed by atoms with Crippen molar-refractivity contribution < 1.29 is 14.7 Å². The second-order valence-corrected chi connectivity index (χ2v) is 6.53. The molecule has 0 bridgehead atoms. The average Bonchev–Trinajstić information content (AvgIpc) is 3.06. The van der Waals surface area contributed by atoms with E-state index in [4.69, 9.17) is 5.11 Å². The van der Waals surface area contributed by atoms with Gasteiger partial charge in [-0.05, 0) is 36.5 Å². The summed E-state index contributed by atoms with van der Waals surface area (Å²) >= 11 is 3.44. The van der Waals surface area contributed by atoms with Gasteiger partial charge in [0.1, 0.15) is 0 Å². The molecule has 1 amide bonds. The van der Waals surface area contributed by atoms with E-state index in [1.165, 1.54) is 5.56 Å². The van der Waals surface area contributed by atoms with Gasteiger partial charge in [-0.2, -0.15) is 0 Å². The summed E-state index contributed by atoms with van der Waals surface area (Å²) in [6, 6.07) is 8.06. The highest BCUT2D eigenvalue weighted by atomic mass is 79.9. The van der Waals surface area contributed by atoms with Gasteiger partial charge in [0, 0.05) is 23.5 Å². The van der Waals surface area contributed by atoms with Gasteiger partial charge in [0.25, 0.3) is 0 Å². The Kier molecular flexibility index (Phi) is 3.54. The summed E-state index contributed by atoms with van der Waals surface area (Å²) in [5, 5.41) is 8.98. The molecule has 1 aliphatic carbocycles. The molecule has 1 N–H and O–H groups in total. The Balaban J connectivity index is 1.62. The van der Waals surface area contributed by atoms with Crippen LogP contribution in [0.4, 0.5) is 0 Å². The quantitative estimate of drug-likeness (QED) is 0.921. The fraction of sp³-hybridized carbons (Fsp3) is 0.467. The minimum absolute atomic E-state index is 0.0387. The minimum atomic E-state index is -0.792. The lowest BCUT2D eigenvalue weighted by Gasteiger charge is -2.15. The van der Waals surface area contributed by atoms with E-state index in [0.717, 1.165) is 10.9 Å². The van der Waals surface area contributed by atoms with Crippen LogP contribution in [0, 0.1) is 11.8 Å². The van der Waals surface area contributed by atoms with Gasteiger partial charge in [0.05, 0.1) is 5.92 Å². The molecule has 1 saturated heterocycles. The molecular formula is C15H16BrNO3. The maximum atomic E-state index is 12.4. The summed E-state index contributed by atoms with van der Waals surface area (Å²) in [6.07, 6.45) is 1.46. The normalized spacial score (nSPS) is 28.4. The lowest BCUT2D eigenvalue weighted by Crippen LogP contribution is -2.31. The Morgan fingerprint density at radius 3 is 2.80 bits per heavy atom. The van der Waals surface area contributed by atoms with E-state index in [9.17, 15) is 9.59 Å². The van der Waals surface area contributed by atoms with Crippen molar-refractivity contribution in [3.63, 3.8) is 0 Å². The lowest BCUT2D eigenvalue weighted by atomic mass is 10.1. The first-order chi connectivity index (χ1) is 9.56. The number of halogens is 1. The summed E-state index contributed by atoms with van der Waals surface area (Å²) in [7, 11) is 0. The van der Waals surface area contributed by atoms with Crippen molar-refractivity contribution in [3.8, 4) is 0 Å². The van der Waals surface area contributed by atoms with Crippen LogP contribution in [0.2, 0.25) is 0 Å². The van der Waals surface area contributed by atoms with Gasteiger partial charge >= 0.3 is 5.97 Å². The maximum Gasteiger partial charge on any atom is 0.308 e. The molecule has 5 heteroatoms. The zero-order valence-corrected chi connectivity index (χ0v) is 12.5. The van der Waals surface area contributed by atoms with Crippen molar-refractivity contribution in [1.29, 1.82) is 0 Å². The molecule has 1 aromatic rings. The number of nitrogens with zero attached hydrogens (tertiary/aromatic N) is 1. The Morgan fingerprint density at radius 2 is 2.15 bits per heavy atom. The van der Waals surface area contributed by atoms with Gasteiger partial charge < -0.3 is 10.0 Å². The molecule has 1 aliphatic heterocycles. The Bertz CT molecular complexity index is 560. The number of carboxylic acids is 1. The van der Waals surface area contributed by atoms with Gasteiger partial charge in [0.2, 0.25) is 5.91 Å². The third-order valence-electron chi connectivity index (χ3n) is 4.23. The van der Waals surface area contributed by atoms with Crippen LogP contribution in [-0.4, -0.2) is 35.0 Å². The Morgan fingerprint density at radius 1 is 1.35 bits per heavy atom. The van der Waals surface area contributed by atoms with Crippen molar-refractivity contribution >= 4 is 27.8 Å². The van der Waals surface area contributed by atoms with Crippen molar-refractivity contribution in [1.82, 2.24) is 4.90 Å². The van der Waals surface area contributed by atoms with E-state index in [1.807, 2.05) is 18.2 Å². The molecule has 1 aromatic carbocycles. The van der Waals surface area contributed by atoms with Crippen LogP contribution in [0.5, 0.6) is 0 Å². The van der Waals surface area contributed by atoms with Gasteiger partial charge in [-0.15, -0.1) is 0 Å². The number of hydrogen-bond donors (Lipinski definition) is 1. The summed E-state index contributed by atoms with van der Waals surface area (Å²) in [6.45, 7) is 0.952. The van der Waals surface area contributed by atoms with E-state index in [0.29, 0.717) is 25.4 Å². The summed E-state index contributed by atoms with van der Waals surface area (Å²) < 4.78 is 1.03. The molecule has 106 valence electrons. The number of carbonyl (C=O) groups is 2. The van der Waals surface area contributed by atoms with E-state index >= 15 is 0 Å². The third-order valence-corrected chi connectivity index (χ3v) is 4.73. The number of likely N-dealkylation sites (tertiary alicyclic amines) is 1. The molecule has 0 spiro atoms. The van der Waals surface area contributed by atoms with Gasteiger partial charge in [-0.3, -0.25) is 9.59 Å². The van der Waals surface area contributed by atoms with Crippen LogP contribution in [-0.2, 0) is 9.59 Å². The van der Waals surface area contributed by atoms with Crippen molar-refractivity contribution in [2.75, 3.05) is 13.1 Å². The van der Waals surface area contributed by atoms with E-state index in [2.05, 4.69) is 22.0 Å². The number of hydrogen-bond acceptors (Lipinski definition) is 2. The maximum absolute atomic E-state index is 12.4. The molecule has 2 aliphatic rings. The molecular weight excluding hydrogens is 322 g/mol. The molecule has 0 aromatic heterocycles. The highest BCUT2D eigenvalue weighted by molar-refractivity contribution is 9.10. The van der Waals surface area contributed by atoms with Crippen molar-refractivity contribution in [3.05, 3.63) is 34.3 Å². The van der Waals surface area contributed by atoms with E-state index in [-0.39, 0.29) is 17.7 Å². The first kappa shape index (κ1) is 13.6. The molecule has 20 heavy (non-hydrogen) atoms. The first-order valence-electron chi connectivity index (χ1n) is 6.83. The minimum Gasteiger partial charge on any atom is -0.481 e. The average molecular weight is 338 g/mol. The zero-order chi connectivity index (χ0) is 14.3. The fourth-order valence-electron chi connectivity index (χ4n) is 2.97. The summed E-state index contributed by atoms with van der Waals surface area (Å²) in [5.74, 6) is -0.721. The fourth-order valence-corrected chi connectivity index (χ4v) is 3.39. The second-order valence-electron chi connectivity index (χ2n) is 5.61. The molecule has 2 fully saturated rings. The van der Waals surface area contributed by atoms with Crippen molar-refractivity contribution in [2.45, 2.75) is 18.8 Å². The number of rotatable bonds is 3. The number of carbonyl (C=O) groups excluding carboxylic acids is 1. The molecule has 1 saturated carbocycles. The SMILES string of the molecule is O=C(O)[C@@H]1CCN(C(=O)[C@@H]2C[C@H]2c2cccc(Br)c2)C1. The number of amides is 1. The van der Waals surface area contributed by atoms with E-state index in [1.54, 1.807) is 4.90 Å². The summed E-state index contributed by atoms with van der Waals surface area (Å²) in [4.78, 5) is 25.0. The largest absolute Gasteiger partial charge is 0.481 e. The Labute approximate surface area is 125 Å². The van der Waals surface area contributed by atoms with Crippen LogP contribution in [0.25, 0.3) is 0 Å². The topological polar surface area (TPSA) is 57.6 Å². The van der Waals surface area contributed by atoms with E-state index < -0.39 is 5.97 Å². The van der Waals surface area contributed by atoms with Crippen molar-refractivity contribution in [2.24, 2.45) is 11.8 Å². The first-order valence-corrected chi connectivity index (χ1v) is 7.62. The predicted octanol–water partition coefficient (Wildman–Crippen LogP) is 2.49. The predicted molar refractivity (Wildman–Crippen MR) is 77.3 cm³/mol. The molecule has 3 atom stereocenters. The number of benzene rings is 1. The lowest BCUT2D eigenvalue weighted by molar-refractivity contribution is -0.141. The highest BCUT2D eigenvalue weighted by Crippen LogP contribution is 2.49. The number of carboxylic acid groups (broad SMARTS) is 1. The van der Waals surface area contributed by atoms with Gasteiger partial charge in [-0.1, -0.05) is 28.1 Å². The van der Waals surface area contributed by atoms with Crippen LogP contribution < -0.4 is 0 Å². The van der Waals surface area contributed by atoms with Gasteiger partial charge in [0.15, 0.2) is 0 Å². The molecule has 0 unspecified atom stereocenters. The smallest absolute Gasteiger partial charge is 0.308 e. The monoisotopic (exact) mass is 337 g/mol. The molecule has 3 rings (SSSR count).